The minimum absolute atomic E-state index is 0.211. The molecule has 0 radical (unpaired) electrons. The van der Waals surface area contributed by atoms with Crippen molar-refractivity contribution in [3.63, 3.8) is 0 Å². The molecule has 1 saturated heterocycles. The number of carbonyl (C=O) groups is 2. The predicted molar refractivity (Wildman–Crippen MR) is 164 cm³/mol. The van der Waals surface area contributed by atoms with E-state index >= 15 is 0 Å². The molecule has 1 rings (SSSR count). The molecule has 0 bridgehead atoms. The molecule has 0 spiro atoms. The Labute approximate surface area is 259 Å². The van der Waals surface area contributed by atoms with Gasteiger partial charge in [0.15, 0.2) is 12.4 Å². The number of esters is 2. The predicted octanol–water partition coefficient (Wildman–Crippen LogP) is 5.10. The van der Waals surface area contributed by atoms with Crippen molar-refractivity contribution >= 4 is 11.9 Å². The van der Waals surface area contributed by atoms with E-state index in [9.17, 15) is 30.0 Å². The van der Waals surface area contributed by atoms with Crippen molar-refractivity contribution in [2.24, 2.45) is 0 Å². The normalized spacial score (nSPS) is 22.8. The van der Waals surface area contributed by atoms with Crippen molar-refractivity contribution in [2.45, 2.75) is 179 Å². The SMILES string of the molecule is CCCCCCCCCCCCC(=O)O[C@H](COC(=O)CCCCCCCCCC)CO[C@@H]1O[C@H](CO)[C@H](O)[C@H](O)[C@H]1O. The standard InChI is InChI=1S/C33H62O10/c1-3-5-7-9-11-13-14-16-18-20-22-29(36)42-26(24-40-28(35)21-19-17-15-12-10-8-6-4-2)25-41-33-32(39)31(38)30(37)27(23-34)43-33/h26-27,30-34,37-39H,3-25H2,1-2H3/t26-,27-,30+,31+,32-,33-/m1/s1. The quantitative estimate of drug-likeness (QED) is 0.0723. The summed E-state index contributed by atoms with van der Waals surface area (Å²) in [6, 6.07) is 0. The third-order valence-corrected chi connectivity index (χ3v) is 7.99. The Hall–Kier alpha value is -1.30. The molecule has 0 aliphatic carbocycles. The highest BCUT2D eigenvalue weighted by Gasteiger charge is 2.44. The van der Waals surface area contributed by atoms with Gasteiger partial charge in [0.25, 0.3) is 0 Å². The number of ether oxygens (including phenoxy) is 4. The van der Waals surface area contributed by atoms with Gasteiger partial charge >= 0.3 is 11.9 Å². The van der Waals surface area contributed by atoms with Gasteiger partial charge in [0.1, 0.15) is 31.0 Å². The number of hydrogen-bond donors (Lipinski definition) is 4. The van der Waals surface area contributed by atoms with E-state index in [1.54, 1.807) is 0 Å². The maximum atomic E-state index is 12.6. The zero-order valence-electron chi connectivity index (χ0n) is 27.0. The van der Waals surface area contributed by atoms with Gasteiger partial charge in [-0.15, -0.1) is 0 Å². The first-order valence-corrected chi connectivity index (χ1v) is 17.1. The van der Waals surface area contributed by atoms with Gasteiger partial charge in [-0.05, 0) is 12.8 Å². The maximum absolute atomic E-state index is 12.6. The summed E-state index contributed by atoms with van der Waals surface area (Å²) >= 11 is 0. The minimum Gasteiger partial charge on any atom is -0.462 e. The Kier molecular flexibility index (Phi) is 24.0. The monoisotopic (exact) mass is 618 g/mol. The molecule has 1 fully saturated rings. The lowest BCUT2D eigenvalue weighted by atomic mass is 9.99. The Balaban J connectivity index is 2.46. The third-order valence-electron chi connectivity index (χ3n) is 7.99. The van der Waals surface area contributed by atoms with Crippen LogP contribution in [0, 0.1) is 0 Å². The summed E-state index contributed by atoms with van der Waals surface area (Å²) in [6.07, 6.45) is 12.8. The van der Waals surface area contributed by atoms with Crippen LogP contribution in [0.5, 0.6) is 0 Å². The molecular formula is C33H62O10. The fourth-order valence-electron chi connectivity index (χ4n) is 5.19. The second kappa shape index (κ2) is 26.0. The van der Waals surface area contributed by atoms with Crippen LogP contribution in [-0.2, 0) is 28.5 Å². The lowest BCUT2D eigenvalue weighted by Crippen LogP contribution is -2.59. The average Bonchev–Trinajstić information content (AvgIpc) is 3.00. The molecule has 43 heavy (non-hydrogen) atoms. The van der Waals surface area contributed by atoms with Gasteiger partial charge in [0.2, 0.25) is 0 Å². The van der Waals surface area contributed by atoms with Crippen molar-refractivity contribution in [3.05, 3.63) is 0 Å². The highest BCUT2D eigenvalue weighted by atomic mass is 16.7. The summed E-state index contributed by atoms with van der Waals surface area (Å²) in [5.74, 6) is -0.810. The van der Waals surface area contributed by atoms with E-state index < -0.39 is 49.4 Å². The van der Waals surface area contributed by atoms with Crippen LogP contribution in [-0.4, -0.2) is 89.0 Å². The number of rotatable bonds is 27. The Morgan fingerprint density at radius 2 is 1.09 bits per heavy atom. The van der Waals surface area contributed by atoms with Gasteiger partial charge in [0, 0.05) is 12.8 Å². The molecule has 10 heteroatoms. The van der Waals surface area contributed by atoms with Crippen LogP contribution in [0.3, 0.4) is 0 Å². The van der Waals surface area contributed by atoms with Gasteiger partial charge in [-0.1, -0.05) is 117 Å². The Morgan fingerprint density at radius 3 is 1.58 bits per heavy atom. The van der Waals surface area contributed by atoms with E-state index in [4.69, 9.17) is 18.9 Å². The first-order chi connectivity index (χ1) is 20.8. The zero-order chi connectivity index (χ0) is 31.7. The molecule has 1 aliphatic rings. The molecule has 1 heterocycles. The summed E-state index contributed by atoms with van der Waals surface area (Å²) in [5.41, 5.74) is 0. The summed E-state index contributed by atoms with van der Waals surface area (Å²) in [6.45, 7) is 3.34. The first-order valence-electron chi connectivity index (χ1n) is 17.1. The number of aliphatic hydroxyl groups excluding tert-OH is 4. The number of carbonyl (C=O) groups excluding carboxylic acids is 2. The van der Waals surface area contributed by atoms with Gasteiger partial charge in [-0.3, -0.25) is 9.59 Å². The molecule has 4 N–H and O–H groups in total. The second-order valence-electron chi connectivity index (χ2n) is 12.0. The van der Waals surface area contributed by atoms with E-state index in [0.29, 0.717) is 6.42 Å². The molecule has 0 unspecified atom stereocenters. The fraction of sp³-hybridized carbons (Fsp3) is 0.939. The van der Waals surface area contributed by atoms with Gasteiger partial charge in [-0.2, -0.15) is 0 Å². The van der Waals surface area contributed by atoms with E-state index in [-0.39, 0.29) is 32.0 Å². The largest absolute Gasteiger partial charge is 0.462 e. The topological polar surface area (TPSA) is 152 Å². The number of hydrogen-bond acceptors (Lipinski definition) is 10. The van der Waals surface area contributed by atoms with Crippen molar-refractivity contribution < 1.29 is 49.0 Å². The number of unbranched alkanes of at least 4 members (excludes halogenated alkanes) is 16. The van der Waals surface area contributed by atoms with E-state index in [1.165, 1.54) is 70.6 Å². The minimum atomic E-state index is -1.59. The molecule has 254 valence electrons. The van der Waals surface area contributed by atoms with Crippen LogP contribution in [0.15, 0.2) is 0 Å². The molecule has 0 saturated carbocycles. The van der Waals surface area contributed by atoms with Crippen molar-refractivity contribution in [1.82, 2.24) is 0 Å². The molecule has 0 amide bonds. The van der Waals surface area contributed by atoms with Crippen molar-refractivity contribution in [3.8, 4) is 0 Å². The Bertz CT molecular complexity index is 689. The van der Waals surface area contributed by atoms with Crippen LogP contribution in [0.1, 0.15) is 142 Å². The maximum Gasteiger partial charge on any atom is 0.306 e. The lowest BCUT2D eigenvalue weighted by Gasteiger charge is -2.39. The van der Waals surface area contributed by atoms with Gasteiger partial charge in [-0.25, -0.2) is 0 Å². The summed E-state index contributed by atoms with van der Waals surface area (Å²) in [4.78, 5) is 24.9. The summed E-state index contributed by atoms with van der Waals surface area (Å²) in [5, 5.41) is 39.7. The van der Waals surface area contributed by atoms with Crippen LogP contribution < -0.4 is 0 Å². The number of aliphatic hydroxyl groups is 4. The van der Waals surface area contributed by atoms with E-state index in [2.05, 4.69) is 13.8 Å². The second-order valence-corrected chi connectivity index (χ2v) is 12.0. The first kappa shape index (κ1) is 39.7. The lowest BCUT2D eigenvalue weighted by molar-refractivity contribution is -0.305. The average molecular weight is 619 g/mol. The molecule has 10 nitrogen and oxygen atoms in total. The molecule has 0 aromatic heterocycles. The smallest absolute Gasteiger partial charge is 0.306 e. The molecule has 0 aromatic carbocycles. The fourth-order valence-corrected chi connectivity index (χ4v) is 5.19. The van der Waals surface area contributed by atoms with Crippen LogP contribution in [0.25, 0.3) is 0 Å². The van der Waals surface area contributed by atoms with E-state index in [1.807, 2.05) is 0 Å². The van der Waals surface area contributed by atoms with E-state index in [0.717, 1.165) is 38.5 Å². The van der Waals surface area contributed by atoms with Crippen LogP contribution in [0.2, 0.25) is 0 Å². The van der Waals surface area contributed by atoms with Crippen LogP contribution in [0.4, 0.5) is 0 Å². The van der Waals surface area contributed by atoms with Gasteiger partial charge in [0.05, 0.1) is 13.2 Å². The van der Waals surface area contributed by atoms with Gasteiger partial charge < -0.3 is 39.4 Å². The molecule has 6 atom stereocenters. The highest BCUT2D eigenvalue weighted by Crippen LogP contribution is 2.22. The van der Waals surface area contributed by atoms with Crippen LogP contribution >= 0.6 is 0 Å². The molecule has 1 aliphatic heterocycles. The summed E-state index contributed by atoms with van der Waals surface area (Å²) in [7, 11) is 0. The third kappa shape index (κ3) is 19.0. The summed E-state index contributed by atoms with van der Waals surface area (Å²) < 4.78 is 21.9. The van der Waals surface area contributed by atoms with Crippen molar-refractivity contribution in [1.29, 1.82) is 0 Å². The Morgan fingerprint density at radius 1 is 0.628 bits per heavy atom. The molecular weight excluding hydrogens is 556 g/mol. The highest BCUT2D eigenvalue weighted by molar-refractivity contribution is 5.70. The van der Waals surface area contributed by atoms with Crippen molar-refractivity contribution in [2.75, 3.05) is 19.8 Å². The zero-order valence-corrected chi connectivity index (χ0v) is 27.0. The molecule has 0 aromatic rings.